The van der Waals surface area contributed by atoms with Crippen LogP contribution in [-0.4, -0.2) is 22.2 Å². The summed E-state index contributed by atoms with van der Waals surface area (Å²) in [4.78, 5) is 0. The van der Waals surface area contributed by atoms with Crippen LogP contribution in [0.15, 0.2) is 11.4 Å². The first-order chi connectivity index (χ1) is 8.17. The van der Waals surface area contributed by atoms with Crippen molar-refractivity contribution in [3.05, 3.63) is 11.4 Å². The lowest BCUT2D eigenvalue weighted by Gasteiger charge is -2.28. The second kappa shape index (κ2) is 7.59. The van der Waals surface area contributed by atoms with Gasteiger partial charge in [-0.2, -0.15) is 0 Å². The highest BCUT2D eigenvalue weighted by molar-refractivity contribution is 7.34. The molecule has 1 rings (SSSR count). The first-order valence-corrected chi connectivity index (χ1v) is 8.86. The molecule has 4 heteroatoms. The minimum absolute atomic E-state index is 0.530. The summed E-state index contributed by atoms with van der Waals surface area (Å²) < 4.78 is 5.00. The van der Waals surface area contributed by atoms with E-state index in [1.54, 1.807) is 11.4 Å². The van der Waals surface area contributed by atoms with Gasteiger partial charge in [-0.25, -0.2) is 0 Å². The molecule has 0 spiro atoms. The fourth-order valence-corrected chi connectivity index (χ4v) is 3.97. The number of hydrogen-bond donors (Lipinski definition) is 0. The molecule has 1 aliphatic rings. The quantitative estimate of drug-likeness (QED) is 0.628. The van der Waals surface area contributed by atoms with Gasteiger partial charge in [-0.1, -0.05) is 26.7 Å². The van der Waals surface area contributed by atoms with E-state index < -0.39 is 0 Å². The predicted molar refractivity (Wildman–Crippen MR) is 83.2 cm³/mol. The molecule has 0 fully saturated rings. The van der Waals surface area contributed by atoms with Crippen molar-refractivity contribution in [2.24, 2.45) is 0 Å². The van der Waals surface area contributed by atoms with Crippen LogP contribution in [0.25, 0.3) is 0 Å². The normalized spacial score (nSPS) is 21.4. The molecule has 3 atom stereocenters. The summed E-state index contributed by atoms with van der Waals surface area (Å²) in [6.45, 7) is 9.16. The van der Waals surface area contributed by atoms with Crippen molar-refractivity contribution in [1.82, 2.24) is 9.34 Å². The fourth-order valence-electron chi connectivity index (χ4n) is 2.41. The molecule has 3 unspecified atom stereocenters. The van der Waals surface area contributed by atoms with Gasteiger partial charge in [0.1, 0.15) is 6.17 Å². The molecule has 2 nitrogen and oxygen atoms in total. The lowest BCUT2D eigenvalue weighted by molar-refractivity contribution is 0.338. The van der Waals surface area contributed by atoms with Gasteiger partial charge in [-0.3, -0.25) is 0 Å². The molecule has 17 heavy (non-hydrogen) atoms. The van der Waals surface area contributed by atoms with E-state index in [1.165, 1.54) is 38.5 Å². The van der Waals surface area contributed by atoms with E-state index in [0.29, 0.717) is 6.17 Å². The number of rotatable bonds is 7. The Morgan fingerprint density at radius 2 is 1.65 bits per heavy atom. The Morgan fingerprint density at radius 1 is 1.12 bits per heavy atom. The summed E-state index contributed by atoms with van der Waals surface area (Å²) in [6.07, 6.45) is 8.22. The highest BCUT2D eigenvalue weighted by atomic mass is 31.1. The molecular formula is C13H28N2P2. The average Bonchev–Trinajstić information content (AvgIpc) is 2.56. The average molecular weight is 274 g/mol. The van der Waals surface area contributed by atoms with E-state index in [2.05, 4.69) is 46.2 Å². The lowest BCUT2D eigenvalue weighted by atomic mass is 10.1. The largest absolute Gasteiger partial charge is 0.337 e. The molecule has 0 aromatic carbocycles. The molecule has 0 bridgehead atoms. The van der Waals surface area contributed by atoms with Crippen LogP contribution in [0.5, 0.6) is 0 Å². The fraction of sp³-hybridized carbons (Fsp3) is 0.846. The number of allylic oxidation sites excluding steroid dienone is 2. The lowest BCUT2D eigenvalue weighted by Crippen LogP contribution is -2.27. The third kappa shape index (κ3) is 3.58. The van der Waals surface area contributed by atoms with Crippen molar-refractivity contribution in [3.8, 4) is 0 Å². The Kier molecular flexibility index (Phi) is 6.82. The molecule has 0 aromatic heterocycles. The second-order valence-electron chi connectivity index (χ2n) is 4.73. The van der Waals surface area contributed by atoms with Crippen molar-refractivity contribution in [1.29, 1.82) is 0 Å². The molecule has 1 heterocycles. The van der Waals surface area contributed by atoms with Crippen LogP contribution >= 0.6 is 18.1 Å². The van der Waals surface area contributed by atoms with Gasteiger partial charge in [0, 0.05) is 11.4 Å². The van der Waals surface area contributed by atoms with E-state index in [9.17, 15) is 0 Å². The number of unbranched alkanes of at least 4 members (excludes halogenated alkanes) is 2. The maximum atomic E-state index is 2.93. The topological polar surface area (TPSA) is 6.48 Å². The first-order valence-electron chi connectivity index (χ1n) is 6.89. The molecule has 0 aromatic rings. The maximum Gasteiger partial charge on any atom is 0.104 e. The SMILES string of the molecule is CCCCC1=C(CCCC)N(PC)C(C)N1P. The second-order valence-corrected chi connectivity index (χ2v) is 6.22. The standard InChI is InChI=1S/C13H28N2P2/c1-5-7-9-12-13(10-8-6-2)15(17-4)11(3)14(12)16/h11,17H,5-10,16H2,1-4H3. The zero-order valence-electron chi connectivity index (χ0n) is 11.8. The van der Waals surface area contributed by atoms with E-state index in [-0.39, 0.29) is 0 Å². The highest BCUT2D eigenvalue weighted by Gasteiger charge is 2.30. The first kappa shape index (κ1) is 15.3. The third-order valence-electron chi connectivity index (χ3n) is 3.49. The zero-order chi connectivity index (χ0) is 12.8. The van der Waals surface area contributed by atoms with Crippen LogP contribution in [-0.2, 0) is 0 Å². The Bertz CT molecular complexity index is 266. The summed E-state index contributed by atoms with van der Waals surface area (Å²) in [6, 6.07) is 0. The van der Waals surface area contributed by atoms with Gasteiger partial charge in [0.2, 0.25) is 0 Å². The molecule has 0 saturated carbocycles. The van der Waals surface area contributed by atoms with Crippen LogP contribution in [0.4, 0.5) is 0 Å². The van der Waals surface area contributed by atoms with Gasteiger partial charge in [-0.15, -0.1) is 0 Å². The van der Waals surface area contributed by atoms with Gasteiger partial charge in [0.15, 0.2) is 0 Å². The van der Waals surface area contributed by atoms with Crippen LogP contribution < -0.4 is 0 Å². The van der Waals surface area contributed by atoms with Gasteiger partial charge in [0.25, 0.3) is 0 Å². The van der Waals surface area contributed by atoms with E-state index in [0.717, 1.165) is 8.73 Å². The number of hydrogen-bond acceptors (Lipinski definition) is 2. The minimum atomic E-state index is 0.530. The van der Waals surface area contributed by atoms with Gasteiger partial charge < -0.3 is 9.34 Å². The molecule has 0 N–H and O–H groups in total. The van der Waals surface area contributed by atoms with E-state index >= 15 is 0 Å². The highest BCUT2D eigenvalue weighted by Crippen LogP contribution is 2.42. The Labute approximate surface area is 111 Å². The summed E-state index contributed by atoms with van der Waals surface area (Å²) >= 11 is 0. The van der Waals surface area contributed by atoms with Gasteiger partial charge >= 0.3 is 0 Å². The van der Waals surface area contributed by atoms with Gasteiger partial charge in [-0.05, 0) is 57.4 Å². The van der Waals surface area contributed by atoms with E-state index in [4.69, 9.17) is 0 Å². The third-order valence-corrected chi connectivity index (χ3v) is 5.36. The Morgan fingerprint density at radius 3 is 2.12 bits per heavy atom. The summed E-state index contributed by atoms with van der Waals surface area (Å²) in [5.41, 5.74) is 3.19. The van der Waals surface area contributed by atoms with E-state index in [1.807, 2.05) is 0 Å². The van der Waals surface area contributed by atoms with Crippen molar-refractivity contribution in [3.63, 3.8) is 0 Å². The number of nitrogens with zero attached hydrogens (tertiary/aromatic N) is 2. The zero-order valence-corrected chi connectivity index (χ0v) is 13.9. The monoisotopic (exact) mass is 274 g/mol. The summed E-state index contributed by atoms with van der Waals surface area (Å²) in [7, 11) is 3.81. The maximum absolute atomic E-state index is 2.93. The van der Waals surface area contributed by atoms with Crippen molar-refractivity contribution in [2.45, 2.75) is 65.5 Å². The van der Waals surface area contributed by atoms with Crippen LogP contribution in [0.3, 0.4) is 0 Å². The summed E-state index contributed by atoms with van der Waals surface area (Å²) in [5.74, 6) is 0. The predicted octanol–water partition coefficient (Wildman–Crippen LogP) is 4.56. The van der Waals surface area contributed by atoms with Crippen molar-refractivity contribution < 1.29 is 0 Å². The molecule has 0 radical (unpaired) electrons. The molecule has 100 valence electrons. The van der Waals surface area contributed by atoms with Crippen LogP contribution in [0.1, 0.15) is 59.3 Å². The molecule has 0 amide bonds. The van der Waals surface area contributed by atoms with Crippen LogP contribution in [0, 0.1) is 0 Å². The van der Waals surface area contributed by atoms with Gasteiger partial charge in [0.05, 0.1) is 0 Å². The molecule has 0 aliphatic carbocycles. The molecule has 0 saturated heterocycles. The summed E-state index contributed by atoms with van der Waals surface area (Å²) in [5, 5.41) is 0. The smallest absolute Gasteiger partial charge is 0.104 e. The van der Waals surface area contributed by atoms with Crippen molar-refractivity contribution >= 4 is 18.1 Å². The minimum Gasteiger partial charge on any atom is -0.337 e. The molecular weight excluding hydrogens is 246 g/mol. The molecule has 1 aliphatic heterocycles. The van der Waals surface area contributed by atoms with Crippen molar-refractivity contribution in [2.75, 3.05) is 6.66 Å². The Balaban J connectivity index is 2.83. The Hall–Kier alpha value is 0.200. The van der Waals surface area contributed by atoms with Crippen LogP contribution in [0.2, 0.25) is 0 Å².